The molecule has 0 saturated heterocycles. The fourth-order valence-corrected chi connectivity index (χ4v) is 2.51. The Labute approximate surface area is 145 Å². The van der Waals surface area contributed by atoms with Crippen LogP contribution in [-0.4, -0.2) is 39.3 Å². The lowest BCUT2D eigenvalue weighted by Gasteiger charge is -2.09. The van der Waals surface area contributed by atoms with Crippen LogP contribution in [0.15, 0.2) is 48.8 Å². The minimum Gasteiger partial charge on any atom is -0.496 e. The highest BCUT2D eigenvalue weighted by Crippen LogP contribution is 2.17. The van der Waals surface area contributed by atoms with E-state index in [1.807, 2.05) is 31.2 Å². The van der Waals surface area contributed by atoms with Crippen molar-refractivity contribution in [2.45, 2.75) is 13.3 Å². The van der Waals surface area contributed by atoms with Crippen LogP contribution in [0.3, 0.4) is 0 Å². The van der Waals surface area contributed by atoms with Gasteiger partial charge in [0.25, 0.3) is 5.91 Å². The van der Waals surface area contributed by atoms with Gasteiger partial charge in [0.2, 0.25) is 0 Å². The van der Waals surface area contributed by atoms with Gasteiger partial charge in [0.15, 0.2) is 11.5 Å². The molecule has 0 saturated carbocycles. The summed E-state index contributed by atoms with van der Waals surface area (Å²) in [7, 11) is 1.64. The SMILES string of the molecule is COc1ccccc1CCNC(=O)c1ccc(-n2ccnc2C)nn1. The molecule has 2 heterocycles. The van der Waals surface area contributed by atoms with Crippen molar-refractivity contribution >= 4 is 5.91 Å². The van der Waals surface area contributed by atoms with Crippen molar-refractivity contribution in [3.05, 3.63) is 65.9 Å². The summed E-state index contributed by atoms with van der Waals surface area (Å²) in [4.78, 5) is 16.3. The Morgan fingerprint density at radius 1 is 1.20 bits per heavy atom. The van der Waals surface area contributed by atoms with Gasteiger partial charge >= 0.3 is 0 Å². The molecule has 0 unspecified atom stereocenters. The Balaban J connectivity index is 1.59. The molecule has 0 aliphatic carbocycles. The van der Waals surface area contributed by atoms with Crippen molar-refractivity contribution in [2.75, 3.05) is 13.7 Å². The largest absolute Gasteiger partial charge is 0.496 e. The molecule has 0 spiro atoms. The number of aromatic nitrogens is 4. The van der Waals surface area contributed by atoms with Crippen molar-refractivity contribution < 1.29 is 9.53 Å². The number of aryl methyl sites for hydroxylation is 1. The molecule has 2 aromatic heterocycles. The van der Waals surface area contributed by atoms with E-state index in [0.717, 1.165) is 17.1 Å². The molecule has 7 nitrogen and oxygen atoms in total. The topological polar surface area (TPSA) is 81.9 Å². The van der Waals surface area contributed by atoms with Crippen LogP contribution < -0.4 is 10.1 Å². The molecule has 0 bridgehead atoms. The predicted octanol–water partition coefficient (Wildman–Crippen LogP) is 1.95. The van der Waals surface area contributed by atoms with Crippen molar-refractivity contribution in [1.82, 2.24) is 25.1 Å². The van der Waals surface area contributed by atoms with Gasteiger partial charge in [0.1, 0.15) is 11.6 Å². The third-order valence-electron chi connectivity index (χ3n) is 3.83. The summed E-state index contributed by atoms with van der Waals surface area (Å²) in [6.45, 7) is 2.36. The number of ether oxygens (including phenoxy) is 1. The summed E-state index contributed by atoms with van der Waals surface area (Å²) in [6.07, 6.45) is 4.16. The maximum atomic E-state index is 12.2. The van der Waals surface area contributed by atoms with Crippen molar-refractivity contribution in [2.24, 2.45) is 0 Å². The normalized spacial score (nSPS) is 10.5. The average Bonchev–Trinajstić information content (AvgIpc) is 3.08. The number of rotatable bonds is 6. The van der Waals surface area contributed by atoms with Crippen LogP contribution in [0.1, 0.15) is 21.9 Å². The first-order chi connectivity index (χ1) is 12.2. The van der Waals surface area contributed by atoms with Gasteiger partial charge in [-0.15, -0.1) is 10.2 Å². The van der Waals surface area contributed by atoms with Crippen LogP contribution in [0.5, 0.6) is 5.75 Å². The zero-order valence-corrected chi connectivity index (χ0v) is 14.1. The third-order valence-corrected chi connectivity index (χ3v) is 3.83. The van der Waals surface area contributed by atoms with E-state index < -0.39 is 0 Å². The minimum absolute atomic E-state index is 0.253. The summed E-state index contributed by atoms with van der Waals surface area (Å²) < 4.78 is 7.11. The van der Waals surface area contributed by atoms with E-state index in [1.165, 1.54) is 0 Å². The number of carbonyl (C=O) groups is 1. The first kappa shape index (κ1) is 16.6. The average molecular weight is 337 g/mol. The zero-order chi connectivity index (χ0) is 17.6. The fourth-order valence-electron chi connectivity index (χ4n) is 2.51. The number of carbonyl (C=O) groups excluding carboxylic acids is 1. The van der Waals surface area contributed by atoms with Crippen LogP contribution in [0.2, 0.25) is 0 Å². The molecule has 25 heavy (non-hydrogen) atoms. The molecular weight excluding hydrogens is 318 g/mol. The standard InChI is InChI=1S/C18H19N5O2/c1-13-19-11-12-23(13)17-8-7-15(21-22-17)18(24)20-10-9-14-5-3-4-6-16(14)25-2/h3-8,11-12H,9-10H2,1-2H3,(H,20,24). The maximum Gasteiger partial charge on any atom is 0.271 e. The second-order valence-electron chi connectivity index (χ2n) is 5.44. The lowest BCUT2D eigenvalue weighted by molar-refractivity contribution is 0.0948. The summed E-state index contributed by atoms with van der Waals surface area (Å²) >= 11 is 0. The van der Waals surface area contributed by atoms with Crippen LogP contribution in [-0.2, 0) is 6.42 Å². The third kappa shape index (κ3) is 3.82. The van der Waals surface area contributed by atoms with E-state index in [1.54, 1.807) is 36.2 Å². The number of nitrogens with zero attached hydrogens (tertiary/aromatic N) is 4. The van der Waals surface area contributed by atoms with Crippen LogP contribution >= 0.6 is 0 Å². The van der Waals surface area contributed by atoms with Gasteiger partial charge in [-0.2, -0.15) is 0 Å². The number of nitrogens with one attached hydrogen (secondary N) is 1. The quantitative estimate of drug-likeness (QED) is 0.743. The number of hydrogen-bond donors (Lipinski definition) is 1. The zero-order valence-electron chi connectivity index (χ0n) is 14.1. The molecule has 0 aliphatic rings. The minimum atomic E-state index is -0.253. The molecule has 3 aromatic rings. The number of imidazole rings is 1. The molecule has 7 heteroatoms. The molecule has 0 atom stereocenters. The molecule has 0 radical (unpaired) electrons. The molecule has 0 fully saturated rings. The van der Waals surface area contributed by atoms with Gasteiger partial charge in [0.05, 0.1) is 7.11 Å². The maximum absolute atomic E-state index is 12.2. The fraction of sp³-hybridized carbons (Fsp3) is 0.222. The number of hydrogen-bond acceptors (Lipinski definition) is 5. The smallest absolute Gasteiger partial charge is 0.271 e. The van der Waals surface area contributed by atoms with Crippen LogP contribution in [0.4, 0.5) is 0 Å². The molecule has 1 amide bonds. The summed E-state index contributed by atoms with van der Waals surface area (Å²) in [5.74, 6) is 2.00. The van der Waals surface area contributed by atoms with Crippen molar-refractivity contribution in [3.8, 4) is 11.6 Å². The summed E-state index contributed by atoms with van der Waals surface area (Å²) in [5.41, 5.74) is 1.32. The summed E-state index contributed by atoms with van der Waals surface area (Å²) in [6, 6.07) is 11.1. The molecule has 1 aromatic carbocycles. The monoisotopic (exact) mass is 337 g/mol. The number of methoxy groups -OCH3 is 1. The van der Waals surface area contributed by atoms with Crippen molar-refractivity contribution in [3.63, 3.8) is 0 Å². The lowest BCUT2D eigenvalue weighted by Crippen LogP contribution is -2.27. The van der Waals surface area contributed by atoms with Gasteiger partial charge in [-0.1, -0.05) is 18.2 Å². The number of para-hydroxylation sites is 1. The van der Waals surface area contributed by atoms with Gasteiger partial charge in [-0.3, -0.25) is 9.36 Å². The molecule has 0 aliphatic heterocycles. The van der Waals surface area contributed by atoms with E-state index in [2.05, 4.69) is 20.5 Å². The van der Waals surface area contributed by atoms with Gasteiger partial charge in [-0.25, -0.2) is 4.98 Å². The lowest BCUT2D eigenvalue weighted by atomic mass is 10.1. The molecule has 128 valence electrons. The van der Waals surface area contributed by atoms with Crippen molar-refractivity contribution in [1.29, 1.82) is 0 Å². The highest BCUT2D eigenvalue weighted by Gasteiger charge is 2.10. The Hall–Kier alpha value is -3.22. The summed E-state index contributed by atoms with van der Waals surface area (Å²) in [5, 5.41) is 10.9. The van der Waals surface area contributed by atoms with E-state index in [-0.39, 0.29) is 11.6 Å². The Morgan fingerprint density at radius 2 is 2.04 bits per heavy atom. The van der Waals surface area contributed by atoms with Gasteiger partial charge in [-0.05, 0) is 37.1 Å². The molecule has 1 N–H and O–H groups in total. The second-order valence-corrected chi connectivity index (χ2v) is 5.44. The Morgan fingerprint density at radius 3 is 2.72 bits per heavy atom. The molecular formula is C18H19N5O2. The number of benzene rings is 1. The van der Waals surface area contributed by atoms with Gasteiger partial charge < -0.3 is 10.1 Å². The van der Waals surface area contributed by atoms with E-state index in [4.69, 9.17) is 4.74 Å². The first-order valence-electron chi connectivity index (χ1n) is 7.93. The second kappa shape index (κ2) is 7.57. The Bertz CT molecular complexity index is 858. The first-order valence-corrected chi connectivity index (χ1v) is 7.93. The van der Waals surface area contributed by atoms with E-state index >= 15 is 0 Å². The predicted molar refractivity (Wildman–Crippen MR) is 92.9 cm³/mol. The number of amides is 1. The molecule has 3 rings (SSSR count). The van der Waals surface area contributed by atoms with E-state index in [9.17, 15) is 4.79 Å². The van der Waals surface area contributed by atoms with E-state index in [0.29, 0.717) is 18.8 Å². The highest BCUT2D eigenvalue weighted by atomic mass is 16.5. The highest BCUT2D eigenvalue weighted by molar-refractivity contribution is 5.92. The van der Waals surface area contributed by atoms with Gasteiger partial charge in [0, 0.05) is 18.9 Å². The van der Waals surface area contributed by atoms with Crippen LogP contribution in [0.25, 0.3) is 5.82 Å². The van der Waals surface area contributed by atoms with Crippen LogP contribution in [0, 0.1) is 6.92 Å². The Kier molecular flexibility index (Phi) is 5.03.